The van der Waals surface area contributed by atoms with Gasteiger partial charge in [0.1, 0.15) is 18.1 Å². The Bertz CT molecular complexity index is 826. The zero-order chi connectivity index (χ0) is 17.8. The van der Waals surface area contributed by atoms with Gasteiger partial charge in [0.2, 0.25) is 5.91 Å². The molecule has 128 valence electrons. The lowest BCUT2D eigenvalue weighted by Crippen LogP contribution is -2.25. The van der Waals surface area contributed by atoms with Crippen molar-refractivity contribution >= 4 is 40.2 Å². The Morgan fingerprint density at radius 1 is 1.28 bits per heavy atom. The quantitative estimate of drug-likeness (QED) is 0.757. The highest BCUT2D eigenvalue weighted by molar-refractivity contribution is 8.15. The lowest BCUT2D eigenvalue weighted by molar-refractivity contribution is -0.118. The van der Waals surface area contributed by atoms with Crippen LogP contribution in [0.2, 0.25) is 5.02 Å². The molecule has 1 aliphatic rings. The number of nitrogens with one attached hydrogen (secondary N) is 2. The van der Waals surface area contributed by atoms with E-state index >= 15 is 0 Å². The minimum Gasteiger partial charge on any atom is -0.487 e. The summed E-state index contributed by atoms with van der Waals surface area (Å²) in [5, 5.41) is 9.99. The van der Waals surface area contributed by atoms with Crippen LogP contribution in [0.1, 0.15) is 11.3 Å². The molecule has 2 aromatic rings. The van der Waals surface area contributed by atoms with Crippen molar-refractivity contribution in [2.75, 3.05) is 6.61 Å². The van der Waals surface area contributed by atoms with E-state index in [1.807, 2.05) is 12.1 Å². The van der Waals surface area contributed by atoms with Gasteiger partial charge in [0.25, 0.3) is 5.24 Å². The van der Waals surface area contributed by atoms with Crippen molar-refractivity contribution in [2.45, 2.75) is 11.7 Å². The third-order valence-electron chi connectivity index (χ3n) is 3.54. The second kappa shape index (κ2) is 7.67. The topological polar surface area (TPSA) is 92.1 Å². The van der Waals surface area contributed by atoms with Gasteiger partial charge in [-0.3, -0.25) is 25.3 Å². The predicted octanol–water partition coefficient (Wildman–Crippen LogP) is 3.08. The lowest BCUT2D eigenvalue weighted by atomic mass is 10.1. The Hall–Kier alpha value is -2.38. The number of rotatable bonds is 6. The van der Waals surface area contributed by atoms with Gasteiger partial charge in [0.05, 0.1) is 16.0 Å². The molecule has 8 heteroatoms. The molecule has 1 saturated heterocycles. The molecule has 25 heavy (non-hydrogen) atoms. The first-order valence-electron chi connectivity index (χ1n) is 7.44. The first-order chi connectivity index (χ1) is 12.0. The van der Waals surface area contributed by atoms with E-state index in [0.717, 1.165) is 17.3 Å². The summed E-state index contributed by atoms with van der Waals surface area (Å²) in [6.07, 6.45) is 2.05. The highest BCUT2D eigenvalue weighted by atomic mass is 35.5. The fraction of sp³-hybridized carbons (Fsp3) is 0.176. The standard InChI is InChI=1S/C17H14ClN3O3S/c18-12-2-1-7-20-15(12)13(19)9-24-11-5-3-10(4-6-11)8-14-16(22)21-17(23)25-14/h1-7,14,19H,8-9H2,(H,21,22,23). The van der Waals surface area contributed by atoms with E-state index in [-0.39, 0.29) is 23.5 Å². The number of imide groups is 1. The van der Waals surface area contributed by atoms with Crippen LogP contribution in [-0.4, -0.2) is 33.7 Å². The van der Waals surface area contributed by atoms with Gasteiger partial charge in [-0.15, -0.1) is 0 Å². The largest absolute Gasteiger partial charge is 0.487 e. The number of pyridine rings is 1. The van der Waals surface area contributed by atoms with Crippen molar-refractivity contribution in [1.82, 2.24) is 10.3 Å². The highest BCUT2D eigenvalue weighted by Gasteiger charge is 2.31. The Labute approximate surface area is 153 Å². The summed E-state index contributed by atoms with van der Waals surface area (Å²) >= 11 is 7.01. The second-order valence-electron chi connectivity index (χ2n) is 5.33. The Balaban J connectivity index is 1.56. The zero-order valence-corrected chi connectivity index (χ0v) is 14.6. The number of nitrogens with zero attached hydrogens (tertiary/aromatic N) is 1. The number of ether oxygens (including phenoxy) is 1. The predicted molar refractivity (Wildman–Crippen MR) is 96.6 cm³/mol. The number of benzene rings is 1. The lowest BCUT2D eigenvalue weighted by Gasteiger charge is -2.09. The van der Waals surface area contributed by atoms with Crippen molar-refractivity contribution in [2.24, 2.45) is 0 Å². The smallest absolute Gasteiger partial charge is 0.286 e. The van der Waals surface area contributed by atoms with E-state index in [1.54, 1.807) is 30.5 Å². The summed E-state index contributed by atoms with van der Waals surface area (Å²) < 4.78 is 5.58. The Kier molecular flexibility index (Phi) is 5.35. The van der Waals surface area contributed by atoms with Gasteiger partial charge in [-0.2, -0.15) is 0 Å². The van der Waals surface area contributed by atoms with Gasteiger partial charge in [-0.1, -0.05) is 35.5 Å². The summed E-state index contributed by atoms with van der Waals surface area (Å²) in [5.41, 5.74) is 1.51. The van der Waals surface area contributed by atoms with Gasteiger partial charge < -0.3 is 4.74 Å². The maximum atomic E-state index is 11.6. The number of halogens is 1. The molecule has 1 fully saturated rings. The summed E-state index contributed by atoms with van der Waals surface area (Å²) in [7, 11) is 0. The summed E-state index contributed by atoms with van der Waals surface area (Å²) in [5.74, 6) is 0.344. The van der Waals surface area contributed by atoms with Gasteiger partial charge >= 0.3 is 0 Å². The number of amides is 2. The summed E-state index contributed by atoms with van der Waals surface area (Å²) in [4.78, 5) is 26.8. The van der Waals surface area contributed by atoms with Gasteiger partial charge in [0.15, 0.2) is 0 Å². The maximum Gasteiger partial charge on any atom is 0.286 e. The molecule has 1 unspecified atom stereocenters. The molecule has 2 N–H and O–H groups in total. The van der Waals surface area contributed by atoms with E-state index in [1.165, 1.54) is 0 Å². The van der Waals surface area contributed by atoms with E-state index in [9.17, 15) is 9.59 Å². The molecule has 1 aliphatic heterocycles. The van der Waals surface area contributed by atoms with Crippen molar-refractivity contribution in [3.8, 4) is 5.75 Å². The van der Waals surface area contributed by atoms with Gasteiger partial charge in [-0.25, -0.2) is 0 Å². The molecule has 2 amide bonds. The third-order valence-corrected chi connectivity index (χ3v) is 4.83. The molecular weight excluding hydrogens is 362 g/mol. The second-order valence-corrected chi connectivity index (χ2v) is 6.92. The molecule has 0 bridgehead atoms. The van der Waals surface area contributed by atoms with Crippen molar-refractivity contribution in [3.63, 3.8) is 0 Å². The highest BCUT2D eigenvalue weighted by Crippen LogP contribution is 2.24. The number of hydrogen-bond acceptors (Lipinski definition) is 6. The molecule has 2 heterocycles. The van der Waals surface area contributed by atoms with Crippen LogP contribution in [0.4, 0.5) is 4.79 Å². The van der Waals surface area contributed by atoms with E-state index in [2.05, 4.69) is 10.3 Å². The first-order valence-corrected chi connectivity index (χ1v) is 8.70. The van der Waals surface area contributed by atoms with Crippen LogP contribution >= 0.6 is 23.4 Å². The summed E-state index contributed by atoms with van der Waals surface area (Å²) in [6, 6.07) is 10.6. The fourth-order valence-electron chi connectivity index (χ4n) is 2.30. The van der Waals surface area contributed by atoms with E-state index < -0.39 is 5.25 Å². The van der Waals surface area contributed by atoms with Crippen LogP contribution in [0.15, 0.2) is 42.6 Å². The fourth-order valence-corrected chi connectivity index (χ4v) is 3.39. The normalized spacial score (nSPS) is 16.6. The number of carbonyl (C=O) groups is 2. The molecule has 1 aromatic heterocycles. The molecule has 0 aliphatic carbocycles. The van der Waals surface area contributed by atoms with Gasteiger partial charge in [0, 0.05) is 6.20 Å². The molecular formula is C17H14ClN3O3S. The number of carbonyl (C=O) groups excluding carboxylic acids is 2. The van der Waals surface area contributed by atoms with E-state index in [0.29, 0.717) is 22.9 Å². The van der Waals surface area contributed by atoms with Gasteiger partial charge in [-0.05, 0) is 36.2 Å². The van der Waals surface area contributed by atoms with Crippen molar-refractivity contribution < 1.29 is 14.3 Å². The molecule has 0 saturated carbocycles. The number of thioether (sulfide) groups is 1. The molecule has 1 atom stereocenters. The van der Waals surface area contributed by atoms with Crippen LogP contribution < -0.4 is 10.1 Å². The maximum absolute atomic E-state index is 11.6. The van der Waals surface area contributed by atoms with E-state index in [4.69, 9.17) is 21.7 Å². The van der Waals surface area contributed by atoms with Crippen LogP contribution in [0.3, 0.4) is 0 Å². The minimum atomic E-state index is -0.390. The third kappa shape index (κ3) is 4.37. The number of hydrogen-bond donors (Lipinski definition) is 2. The van der Waals surface area contributed by atoms with Crippen molar-refractivity contribution in [3.05, 3.63) is 58.9 Å². The molecule has 6 nitrogen and oxygen atoms in total. The average Bonchev–Trinajstić information content (AvgIpc) is 2.91. The van der Waals surface area contributed by atoms with Crippen LogP contribution in [-0.2, 0) is 11.2 Å². The molecule has 0 radical (unpaired) electrons. The van der Waals surface area contributed by atoms with Crippen LogP contribution in [0, 0.1) is 5.41 Å². The molecule has 0 spiro atoms. The summed E-state index contributed by atoms with van der Waals surface area (Å²) in [6.45, 7) is 0.0471. The minimum absolute atomic E-state index is 0.0471. The molecule has 3 rings (SSSR count). The zero-order valence-electron chi connectivity index (χ0n) is 13.0. The average molecular weight is 376 g/mol. The first kappa shape index (κ1) is 17.4. The monoisotopic (exact) mass is 375 g/mol. The Morgan fingerprint density at radius 2 is 2.04 bits per heavy atom. The van der Waals surface area contributed by atoms with Crippen LogP contribution in [0.25, 0.3) is 0 Å². The molecule has 1 aromatic carbocycles. The number of aromatic nitrogens is 1. The Morgan fingerprint density at radius 3 is 2.68 bits per heavy atom. The van der Waals surface area contributed by atoms with Crippen LogP contribution in [0.5, 0.6) is 5.75 Å². The SMILES string of the molecule is N=C(COc1ccc(CC2SC(=O)NC2=O)cc1)c1ncccc1Cl. The van der Waals surface area contributed by atoms with Crippen molar-refractivity contribution in [1.29, 1.82) is 5.41 Å².